The van der Waals surface area contributed by atoms with E-state index in [2.05, 4.69) is 15.0 Å². The lowest BCUT2D eigenvalue weighted by Crippen LogP contribution is -2.09. The molecule has 2 aromatic carbocycles. The Bertz CT molecular complexity index is 1030. The normalized spacial score (nSPS) is 11.3. The van der Waals surface area contributed by atoms with Crippen molar-refractivity contribution in [3.8, 4) is 11.4 Å². The van der Waals surface area contributed by atoms with E-state index in [4.69, 9.17) is 0 Å². The maximum Gasteiger partial charge on any atom is 0.259 e. The van der Waals surface area contributed by atoms with Crippen LogP contribution in [0.25, 0.3) is 33.2 Å². The van der Waals surface area contributed by atoms with Crippen molar-refractivity contribution in [1.29, 1.82) is 0 Å². The molecule has 4 nitrogen and oxygen atoms in total. The minimum atomic E-state index is -0.107. The van der Waals surface area contributed by atoms with E-state index in [-0.39, 0.29) is 5.56 Å². The van der Waals surface area contributed by atoms with Crippen molar-refractivity contribution >= 4 is 21.8 Å². The Labute approximate surface area is 120 Å². The number of hydrogen-bond acceptors (Lipinski definition) is 2. The van der Waals surface area contributed by atoms with Crippen LogP contribution >= 0.6 is 0 Å². The molecule has 0 radical (unpaired) electrons. The predicted molar refractivity (Wildman–Crippen MR) is 84.4 cm³/mol. The van der Waals surface area contributed by atoms with Gasteiger partial charge >= 0.3 is 0 Å². The maximum atomic E-state index is 12.3. The molecule has 0 saturated heterocycles. The molecular formula is C17H13N3O. The van der Waals surface area contributed by atoms with Crippen molar-refractivity contribution in [1.82, 2.24) is 15.0 Å². The number of nitrogens with zero attached hydrogens (tertiary/aromatic N) is 1. The van der Waals surface area contributed by atoms with Gasteiger partial charge in [-0.2, -0.15) is 0 Å². The van der Waals surface area contributed by atoms with E-state index in [9.17, 15) is 4.79 Å². The minimum absolute atomic E-state index is 0.107. The van der Waals surface area contributed by atoms with Crippen LogP contribution in [0.4, 0.5) is 0 Å². The van der Waals surface area contributed by atoms with E-state index < -0.39 is 0 Å². The molecule has 2 aromatic heterocycles. The van der Waals surface area contributed by atoms with Crippen molar-refractivity contribution in [3.05, 3.63) is 64.6 Å². The lowest BCUT2D eigenvalue weighted by molar-refractivity contribution is 1.18. The van der Waals surface area contributed by atoms with Gasteiger partial charge in [-0.15, -0.1) is 0 Å². The first kappa shape index (κ1) is 11.9. The van der Waals surface area contributed by atoms with Crippen LogP contribution in [0.15, 0.2) is 53.5 Å². The fourth-order valence-electron chi connectivity index (χ4n) is 2.65. The van der Waals surface area contributed by atoms with Gasteiger partial charge in [0.05, 0.1) is 10.9 Å². The summed E-state index contributed by atoms with van der Waals surface area (Å²) in [5, 5.41) is 1.67. The summed E-state index contributed by atoms with van der Waals surface area (Å²) in [6, 6.07) is 13.7. The SMILES string of the molecule is Cc1ccc2nc(-c3c[nH]c4ccccc34)[nH]c(=O)c2c1. The van der Waals surface area contributed by atoms with Crippen molar-refractivity contribution in [2.24, 2.45) is 0 Å². The summed E-state index contributed by atoms with van der Waals surface area (Å²) >= 11 is 0. The average Bonchev–Trinajstić information content (AvgIpc) is 2.92. The third kappa shape index (κ3) is 1.84. The van der Waals surface area contributed by atoms with E-state index in [0.717, 1.165) is 22.0 Å². The van der Waals surface area contributed by atoms with Gasteiger partial charge in [0.25, 0.3) is 5.56 Å². The Morgan fingerprint density at radius 1 is 1.05 bits per heavy atom. The molecule has 2 N–H and O–H groups in total. The van der Waals surface area contributed by atoms with Gasteiger partial charge in [-0.05, 0) is 25.1 Å². The molecular weight excluding hydrogens is 262 g/mol. The second kappa shape index (κ2) is 4.31. The van der Waals surface area contributed by atoms with Crippen LogP contribution in [0.2, 0.25) is 0 Å². The van der Waals surface area contributed by atoms with Crippen molar-refractivity contribution in [2.45, 2.75) is 6.92 Å². The number of H-pyrrole nitrogens is 2. The summed E-state index contributed by atoms with van der Waals surface area (Å²) in [7, 11) is 0. The molecule has 0 aliphatic heterocycles. The predicted octanol–water partition coefficient (Wildman–Crippen LogP) is 3.38. The number of aromatic amines is 2. The van der Waals surface area contributed by atoms with Crippen LogP contribution in [0.1, 0.15) is 5.56 Å². The molecule has 0 amide bonds. The largest absolute Gasteiger partial charge is 0.360 e. The first-order valence-corrected chi connectivity index (χ1v) is 6.79. The number of fused-ring (bicyclic) bond motifs is 2. The molecule has 0 saturated carbocycles. The van der Waals surface area contributed by atoms with Gasteiger partial charge in [-0.1, -0.05) is 29.8 Å². The fourth-order valence-corrected chi connectivity index (χ4v) is 2.65. The van der Waals surface area contributed by atoms with Crippen LogP contribution in [-0.4, -0.2) is 15.0 Å². The Hall–Kier alpha value is -2.88. The lowest BCUT2D eigenvalue weighted by Gasteiger charge is -2.03. The summed E-state index contributed by atoms with van der Waals surface area (Å²) in [5.74, 6) is 0.591. The first-order chi connectivity index (χ1) is 10.2. The number of hydrogen-bond donors (Lipinski definition) is 2. The molecule has 0 bridgehead atoms. The van der Waals surface area contributed by atoms with Gasteiger partial charge in [0.1, 0.15) is 5.82 Å². The summed E-state index contributed by atoms with van der Waals surface area (Å²) in [5.41, 5.74) is 3.59. The van der Waals surface area contributed by atoms with E-state index >= 15 is 0 Å². The van der Waals surface area contributed by atoms with Crippen LogP contribution < -0.4 is 5.56 Å². The highest BCUT2D eigenvalue weighted by Gasteiger charge is 2.10. The summed E-state index contributed by atoms with van der Waals surface area (Å²) in [6.07, 6.45) is 1.88. The third-order valence-electron chi connectivity index (χ3n) is 3.71. The smallest absolute Gasteiger partial charge is 0.259 e. The lowest BCUT2D eigenvalue weighted by atomic mass is 10.1. The number of aryl methyl sites for hydroxylation is 1. The van der Waals surface area contributed by atoms with E-state index in [1.54, 1.807) is 0 Å². The zero-order valence-electron chi connectivity index (χ0n) is 11.5. The van der Waals surface area contributed by atoms with Gasteiger partial charge in [0.15, 0.2) is 0 Å². The van der Waals surface area contributed by atoms with Gasteiger partial charge in [0, 0.05) is 22.7 Å². The van der Waals surface area contributed by atoms with Crippen molar-refractivity contribution < 1.29 is 0 Å². The number of para-hydroxylation sites is 1. The second-order valence-corrected chi connectivity index (χ2v) is 5.18. The molecule has 4 heteroatoms. The minimum Gasteiger partial charge on any atom is -0.360 e. The summed E-state index contributed by atoms with van der Waals surface area (Å²) < 4.78 is 0. The molecule has 102 valence electrons. The van der Waals surface area contributed by atoms with Crippen LogP contribution in [-0.2, 0) is 0 Å². The van der Waals surface area contributed by atoms with Gasteiger partial charge in [0.2, 0.25) is 0 Å². The number of rotatable bonds is 1. The number of aromatic nitrogens is 3. The van der Waals surface area contributed by atoms with Crippen LogP contribution in [0.5, 0.6) is 0 Å². The van der Waals surface area contributed by atoms with E-state index in [1.807, 2.05) is 55.6 Å². The fraction of sp³-hybridized carbons (Fsp3) is 0.0588. The van der Waals surface area contributed by atoms with Crippen LogP contribution in [0.3, 0.4) is 0 Å². The standard InChI is InChI=1S/C17H13N3O/c1-10-6-7-15-12(8-10)17(21)20-16(19-15)13-9-18-14-5-3-2-4-11(13)14/h2-9,18H,1H3,(H,19,20,21). The van der Waals surface area contributed by atoms with Gasteiger partial charge in [-0.3, -0.25) is 4.79 Å². The highest BCUT2D eigenvalue weighted by atomic mass is 16.1. The zero-order chi connectivity index (χ0) is 14.4. The van der Waals surface area contributed by atoms with Gasteiger partial charge < -0.3 is 9.97 Å². The van der Waals surface area contributed by atoms with E-state index in [1.165, 1.54) is 0 Å². The molecule has 4 aromatic rings. The average molecular weight is 275 g/mol. The quantitative estimate of drug-likeness (QED) is 0.559. The Kier molecular flexibility index (Phi) is 2.44. The number of nitrogens with one attached hydrogen (secondary N) is 2. The molecule has 4 rings (SSSR count). The summed E-state index contributed by atoms with van der Waals surface area (Å²) in [4.78, 5) is 23.0. The van der Waals surface area contributed by atoms with Crippen LogP contribution in [0, 0.1) is 6.92 Å². The monoisotopic (exact) mass is 275 g/mol. The highest BCUT2D eigenvalue weighted by molar-refractivity contribution is 5.94. The Morgan fingerprint density at radius 2 is 1.90 bits per heavy atom. The van der Waals surface area contributed by atoms with Crippen molar-refractivity contribution in [3.63, 3.8) is 0 Å². The Morgan fingerprint density at radius 3 is 2.81 bits per heavy atom. The Balaban J connectivity index is 2.03. The van der Waals surface area contributed by atoms with E-state index in [0.29, 0.717) is 16.7 Å². The molecule has 21 heavy (non-hydrogen) atoms. The van der Waals surface area contributed by atoms with Crippen molar-refractivity contribution in [2.75, 3.05) is 0 Å². The second-order valence-electron chi connectivity index (χ2n) is 5.18. The topological polar surface area (TPSA) is 61.5 Å². The molecule has 0 aliphatic rings. The first-order valence-electron chi connectivity index (χ1n) is 6.79. The van der Waals surface area contributed by atoms with Gasteiger partial charge in [-0.25, -0.2) is 4.98 Å². The highest BCUT2D eigenvalue weighted by Crippen LogP contribution is 2.26. The number of benzene rings is 2. The molecule has 0 fully saturated rings. The molecule has 0 atom stereocenters. The summed E-state index contributed by atoms with van der Waals surface area (Å²) in [6.45, 7) is 1.96. The molecule has 0 unspecified atom stereocenters. The zero-order valence-corrected chi connectivity index (χ0v) is 11.5. The molecule has 0 spiro atoms. The maximum absolute atomic E-state index is 12.3. The molecule has 0 aliphatic carbocycles. The molecule has 2 heterocycles. The third-order valence-corrected chi connectivity index (χ3v) is 3.71.